The molecule has 1 heterocycles. The number of para-hydroxylation sites is 1. The number of hydrogen-bond acceptors (Lipinski definition) is 4. The molecular weight excluding hydrogens is 318 g/mol. The van der Waals surface area contributed by atoms with Crippen LogP contribution in [0.25, 0.3) is 10.9 Å². The number of hydrogen-bond donors (Lipinski definition) is 3. The Morgan fingerprint density at radius 3 is 2.68 bits per heavy atom. The molecule has 0 aliphatic heterocycles. The summed E-state index contributed by atoms with van der Waals surface area (Å²) in [5, 5.41) is 15.8. The lowest BCUT2D eigenvalue weighted by molar-refractivity contribution is -0.124. The third-order valence-corrected chi connectivity index (χ3v) is 4.65. The van der Waals surface area contributed by atoms with Crippen molar-refractivity contribution >= 4 is 22.7 Å². The normalized spacial score (nSPS) is 16.4. The first-order valence-corrected chi connectivity index (χ1v) is 8.75. The summed E-state index contributed by atoms with van der Waals surface area (Å²) in [6.45, 7) is -0.437. The minimum absolute atomic E-state index is 0.133. The highest BCUT2D eigenvalue weighted by Crippen LogP contribution is 2.18. The second-order valence-electron chi connectivity index (χ2n) is 6.43. The second-order valence-corrected chi connectivity index (χ2v) is 6.43. The number of carbonyl (C=O) groups excluding carboxylic acids is 2. The van der Waals surface area contributed by atoms with E-state index in [2.05, 4.69) is 15.6 Å². The van der Waals surface area contributed by atoms with E-state index < -0.39 is 18.6 Å². The van der Waals surface area contributed by atoms with Gasteiger partial charge >= 0.3 is 0 Å². The van der Waals surface area contributed by atoms with Gasteiger partial charge in [0.2, 0.25) is 5.91 Å². The third kappa shape index (κ3) is 4.14. The first-order valence-electron chi connectivity index (χ1n) is 8.75. The fraction of sp³-hybridized carbons (Fsp3) is 0.421. The van der Waals surface area contributed by atoms with Gasteiger partial charge in [0.1, 0.15) is 6.04 Å². The monoisotopic (exact) mass is 341 g/mol. The molecule has 1 unspecified atom stereocenters. The number of benzene rings is 1. The van der Waals surface area contributed by atoms with Crippen molar-refractivity contribution in [2.45, 2.75) is 44.2 Å². The van der Waals surface area contributed by atoms with E-state index in [1.807, 2.05) is 24.3 Å². The highest BCUT2D eigenvalue weighted by Gasteiger charge is 2.24. The molecule has 1 fully saturated rings. The Morgan fingerprint density at radius 1 is 1.16 bits per heavy atom. The molecule has 0 saturated heterocycles. The lowest BCUT2D eigenvalue weighted by atomic mass is 9.95. The summed E-state index contributed by atoms with van der Waals surface area (Å²) in [6, 6.07) is 8.12. The van der Waals surface area contributed by atoms with Crippen LogP contribution >= 0.6 is 0 Å². The fourth-order valence-electron chi connectivity index (χ4n) is 3.27. The third-order valence-electron chi connectivity index (χ3n) is 4.65. The van der Waals surface area contributed by atoms with Crippen molar-refractivity contribution in [1.29, 1.82) is 0 Å². The van der Waals surface area contributed by atoms with Crippen LogP contribution in [0.15, 0.2) is 36.5 Å². The van der Waals surface area contributed by atoms with Gasteiger partial charge in [-0.3, -0.25) is 14.6 Å². The SMILES string of the molecule is O=C(NC(CO)C(=O)NC1CCCCC1)c1ccnc2ccccc12. The van der Waals surface area contributed by atoms with Crippen LogP contribution in [-0.2, 0) is 4.79 Å². The summed E-state index contributed by atoms with van der Waals surface area (Å²) < 4.78 is 0. The minimum atomic E-state index is -0.957. The van der Waals surface area contributed by atoms with Crippen LogP contribution in [0.5, 0.6) is 0 Å². The zero-order valence-electron chi connectivity index (χ0n) is 14.1. The van der Waals surface area contributed by atoms with Gasteiger partial charge in [-0.15, -0.1) is 0 Å². The zero-order valence-corrected chi connectivity index (χ0v) is 14.1. The first kappa shape index (κ1) is 17.4. The summed E-state index contributed by atoms with van der Waals surface area (Å²) in [5.41, 5.74) is 1.15. The molecule has 25 heavy (non-hydrogen) atoms. The largest absolute Gasteiger partial charge is 0.394 e. The van der Waals surface area contributed by atoms with Crippen LogP contribution in [0.4, 0.5) is 0 Å². The summed E-state index contributed by atoms with van der Waals surface area (Å²) in [4.78, 5) is 29.2. The predicted octanol–water partition coefficient (Wildman–Crippen LogP) is 1.77. The molecule has 6 heteroatoms. The van der Waals surface area contributed by atoms with E-state index in [4.69, 9.17) is 0 Å². The Balaban J connectivity index is 1.70. The Hall–Kier alpha value is -2.47. The molecule has 1 atom stereocenters. The van der Waals surface area contributed by atoms with Crippen LogP contribution in [0.2, 0.25) is 0 Å². The van der Waals surface area contributed by atoms with Crippen molar-refractivity contribution in [3.63, 3.8) is 0 Å². The van der Waals surface area contributed by atoms with Gasteiger partial charge < -0.3 is 15.7 Å². The highest BCUT2D eigenvalue weighted by atomic mass is 16.3. The molecule has 2 amide bonds. The Morgan fingerprint density at radius 2 is 1.92 bits per heavy atom. The smallest absolute Gasteiger partial charge is 0.252 e. The van der Waals surface area contributed by atoms with Crippen LogP contribution in [0.1, 0.15) is 42.5 Å². The van der Waals surface area contributed by atoms with Crippen molar-refractivity contribution in [3.05, 3.63) is 42.1 Å². The maximum absolute atomic E-state index is 12.6. The maximum atomic E-state index is 12.6. The summed E-state index contributed by atoms with van der Waals surface area (Å²) in [6.07, 6.45) is 6.86. The Kier molecular flexibility index (Phi) is 5.60. The molecular formula is C19H23N3O3. The number of aromatic nitrogens is 1. The van der Waals surface area contributed by atoms with E-state index in [9.17, 15) is 14.7 Å². The Bertz CT molecular complexity index is 751. The van der Waals surface area contributed by atoms with Gasteiger partial charge in [-0.2, -0.15) is 0 Å². The average molecular weight is 341 g/mol. The second kappa shape index (κ2) is 8.07. The van der Waals surface area contributed by atoms with Gasteiger partial charge in [-0.05, 0) is 25.0 Å². The van der Waals surface area contributed by atoms with Gasteiger partial charge in [0, 0.05) is 17.6 Å². The Labute approximate surface area is 146 Å². The van der Waals surface area contributed by atoms with Crippen LogP contribution in [0.3, 0.4) is 0 Å². The van der Waals surface area contributed by atoms with Gasteiger partial charge in [-0.1, -0.05) is 37.5 Å². The molecule has 0 spiro atoms. The molecule has 6 nitrogen and oxygen atoms in total. The van der Waals surface area contributed by atoms with E-state index in [1.165, 1.54) is 6.42 Å². The van der Waals surface area contributed by atoms with Crippen LogP contribution in [0, 0.1) is 0 Å². The molecule has 1 aromatic heterocycles. The number of aliphatic hydroxyl groups excluding tert-OH is 1. The molecule has 1 aliphatic carbocycles. The maximum Gasteiger partial charge on any atom is 0.252 e. The number of aliphatic hydroxyl groups is 1. The average Bonchev–Trinajstić information content (AvgIpc) is 2.66. The van der Waals surface area contributed by atoms with E-state index in [-0.39, 0.29) is 11.9 Å². The van der Waals surface area contributed by atoms with Crippen LogP contribution < -0.4 is 10.6 Å². The molecule has 1 saturated carbocycles. The van der Waals surface area contributed by atoms with Crippen molar-refractivity contribution in [3.8, 4) is 0 Å². The lowest BCUT2D eigenvalue weighted by Gasteiger charge is -2.25. The molecule has 1 aromatic carbocycles. The van der Waals surface area contributed by atoms with Crippen molar-refractivity contribution in [2.75, 3.05) is 6.61 Å². The lowest BCUT2D eigenvalue weighted by Crippen LogP contribution is -2.51. The van der Waals surface area contributed by atoms with Crippen molar-refractivity contribution in [2.24, 2.45) is 0 Å². The van der Waals surface area contributed by atoms with Crippen molar-refractivity contribution < 1.29 is 14.7 Å². The molecule has 0 radical (unpaired) electrons. The fourth-order valence-corrected chi connectivity index (χ4v) is 3.27. The quantitative estimate of drug-likeness (QED) is 0.773. The highest BCUT2D eigenvalue weighted by molar-refractivity contribution is 6.07. The van der Waals surface area contributed by atoms with E-state index in [0.717, 1.165) is 25.7 Å². The van der Waals surface area contributed by atoms with Gasteiger partial charge in [0.05, 0.1) is 17.7 Å². The number of nitrogens with one attached hydrogen (secondary N) is 2. The number of rotatable bonds is 5. The van der Waals surface area contributed by atoms with E-state index in [1.54, 1.807) is 12.3 Å². The molecule has 1 aliphatic rings. The molecule has 3 N–H and O–H groups in total. The first-order chi connectivity index (χ1) is 12.2. The van der Waals surface area contributed by atoms with E-state index >= 15 is 0 Å². The number of nitrogens with zero attached hydrogens (tertiary/aromatic N) is 1. The predicted molar refractivity (Wildman–Crippen MR) is 95.1 cm³/mol. The van der Waals surface area contributed by atoms with Gasteiger partial charge in [0.15, 0.2) is 0 Å². The number of carbonyl (C=O) groups is 2. The van der Waals surface area contributed by atoms with E-state index in [0.29, 0.717) is 16.5 Å². The number of fused-ring (bicyclic) bond motifs is 1. The minimum Gasteiger partial charge on any atom is -0.394 e. The topological polar surface area (TPSA) is 91.3 Å². The van der Waals surface area contributed by atoms with Crippen molar-refractivity contribution in [1.82, 2.24) is 15.6 Å². The molecule has 132 valence electrons. The van der Waals surface area contributed by atoms with Gasteiger partial charge in [-0.25, -0.2) is 0 Å². The summed E-state index contributed by atoms with van der Waals surface area (Å²) in [7, 11) is 0. The molecule has 2 aromatic rings. The molecule has 0 bridgehead atoms. The number of pyridine rings is 1. The summed E-state index contributed by atoms with van der Waals surface area (Å²) in [5.74, 6) is -0.724. The zero-order chi connectivity index (χ0) is 17.6. The van der Waals surface area contributed by atoms with Gasteiger partial charge in [0.25, 0.3) is 5.91 Å². The standard InChI is InChI=1S/C19H23N3O3/c23-12-17(19(25)21-13-6-2-1-3-7-13)22-18(24)15-10-11-20-16-9-5-4-8-14(15)16/h4-5,8-11,13,17,23H,1-3,6-7,12H2,(H,21,25)(H,22,24). The number of amides is 2. The van der Waals surface area contributed by atoms with Crippen LogP contribution in [-0.4, -0.2) is 40.6 Å². The molecule has 3 rings (SSSR count). The summed E-state index contributed by atoms with van der Waals surface area (Å²) >= 11 is 0.